The Balaban J connectivity index is 1.61. The van der Waals surface area contributed by atoms with Gasteiger partial charge in [0.1, 0.15) is 6.10 Å². The first kappa shape index (κ1) is 13.9. The van der Waals surface area contributed by atoms with Crippen molar-refractivity contribution in [1.29, 1.82) is 0 Å². The molecule has 0 aromatic heterocycles. The Morgan fingerprint density at radius 3 is 2.60 bits per heavy atom. The Labute approximate surface area is 123 Å². The van der Waals surface area contributed by atoms with Crippen LogP contribution in [0.4, 0.5) is 0 Å². The van der Waals surface area contributed by atoms with Gasteiger partial charge in [-0.1, -0.05) is 23.7 Å². The van der Waals surface area contributed by atoms with E-state index in [1.807, 2.05) is 24.3 Å². The Morgan fingerprint density at radius 1 is 1.20 bits per heavy atom. The van der Waals surface area contributed by atoms with E-state index < -0.39 is 0 Å². The summed E-state index contributed by atoms with van der Waals surface area (Å²) in [6.07, 6.45) is 0.614. The fourth-order valence-corrected chi connectivity index (χ4v) is 2.89. The largest absolute Gasteiger partial charge is 0.457 e. The standard InChI is InChI=1S/C15H18ClNO3/c16-13-3-1-11(2-4-13)14-9-12(15(18)20-14)10-17-5-7-19-8-6-17/h1-4,12,14H,5-10H2. The number of cyclic esters (lactones) is 1. The van der Waals surface area contributed by atoms with Crippen LogP contribution in [0, 0.1) is 5.92 Å². The zero-order valence-electron chi connectivity index (χ0n) is 11.3. The van der Waals surface area contributed by atoms with Crippen molar-refractivity contribution in [2.24, 2.45) is 5.92 Å². The van der Waals surface area contributed by atoms with Crippen LogP contribution in [0.15, 0.2) is 24.3 Å². The van der Waals surface area contributed by atoms with Gasteiger partial charge < -0.3 is 9.47 Å². The summed E-state index contributed by atoms with van der Waals surface area (Å²) in [5.41, 5.74) is 1.02. The molecule has 20 heavy (non-hydrogen) atoms. The molecule has 2 fully saturated rings. The Kier molecular flexibility index (Phi) is 4.24. The Bertz CT molecular complexity index is 471. The van der Waals surface area contributed by atoms with Crippen LogP contribution in [-0.2, 0) is 14.3 Å². The van der Waals surface area contributed by atoms with Gasteiger partial charge in [0.2, 0.25) is 0 Å². The van der Waals surface area contributed by atoms with Crippen molar-refractivity contribution < 1.29 is 14.3 Å². The van der Waals surface area contributed by atoms with Gasteiger partial charge in [0.05, 0.1) is 19.1 Å². The van der Waals surface area contributed by atoms with Crippen molar-refractivity contribution >= 4 is 17.6 Å². The number of rotatable bonds is 3. The molecule has 2 atom stereocenters. The number of carbonyl (C=O) groups is 1. The molecule has 0 bridgehead atoms. The molecule has 2 unspecified atom stereocenters. The number of halogens is 1. The first-order chi connectivity index (χ1) is 9.72. The summed E-state index contributed by atoms with van der Waals surface area (Å²) in [7, 11) is 0. The van der Waals surface area contributed by atoms with E-state index in [4.69, 9.17) is 21.1 Å². The summed E-state index contributed by atoms with van der Waals surface area (Å²) < 4.78 is 10.8. The molecular formula is C15H18ClNO3. The van der Waals surface area contributed by atoms with E-state index in [0.717, 1.165) is 44.8 Å². The summed E-state index contributed by atoms with van der Waals surface area (Å²) in [4.78, 5) is 14.3. The highest BCUT2D eigenvalue weighted by Gasteiger charge is 2.36. The minimum absolute atomic E-state index is 0.0335. The van der Waals surface area contributed by atoms with E-state index in [1.54, 1.807) is 0 Å². The van der Waals surface area contributed by atoms with E-state index in [0.29, 0.717) is 5.02 Å². The molecule has 108 valence electrons. The van der Waals surface area contributed by atoms with Crippen molar-refractivity contribution in [3.05, 3.63) is 34.9 Å². The molecule has 2 aliphatic heterocycles. The monoisotopic (exact) mass is 295 g/mol. The molecule has 0 saturated carbocycles. The van der Waals surface area contributed by atoms with E-state index in [-0.39, 0.29) is 18.0 Å². The average molecular weight is 296 g/mol. The molecule has 0 aliphatic carbocycles. The SMILES string of the molecule is O=C1OC(c2ccc(Cl)cc2)CC1CN1CCOCC1. The average Bonchev–Trinajstić information content (AvgIpc) is 2.82. The summed E-state index contributed by atoms with van der Waals surface area (Å²) in [5.74, 6) is -0.120. The predicted octanol–water partition coefficient (Wildman–Crippen LogP) is 2.28. The second kappa shape index (κ2) is 6.12. The van der Waals surface area contributed by atoms with Gasteiger partial charge >= 0.3 is 5.97 Å². The minimum Gasteiger partial charge on any atom is -0.457 e. The zero-order chi connectivity index (χ0) is 13.9. The van der Waals surface area contributed by atoms with Gasteiger partial charge in [-0.25, -0.2) is 0 Å². The summed E-state index contributed by atoms with van der Waals surface area (Å²) >= 11 is 5.88. The lowest BCUT2D eigenvalue weighted by Crippen LogP contribution is -2.40. The molecule has 1 aromatic rings. The summed E-state index contributed by atoms with van der Waals surface area (Å²) in [5, 5.41) is 0.697. The number of esters is 1. The van der Waals surface area contributed by atoms with E-state index >= 15 is 0 Å². The maximum Gasteiger partial charge on any atom is 0.311 e. The van der Waals surface area contributed by atoms with Gasteiger partial charge in [0.15, 0.2) is 0 Å². The molecule has 4 nitrogen and oxygen atoms in total. The molecule has 0 N–H and O–H groups in total. The van der Waals surface area contributed by atoms with Crippen molar-refractivity contribution in [2.45, 2.75) is 12.5 Å². The van der Waals surface area contributed by atoms with Crippen molar-refractivity contribution in [1.82, 2.24) is 4.90 Å². The molecular weight excluding hydrogens is 278 g/mol. The maximum absolute atomic E-state index is 12.0. The van der Waals surface area contributed by atoms with E-state index in [2.05, 4.69) is 4.90 Å². The van der Waals surface area contributed by atoms with Crippen molar-refractivity contribution in [3.63, 3.8) is 0 Å². The lowest BCUT2D eigenvalue weighted by molar-refractivity contribution is -0.145. The van der Waals surface area contributed by atoms with Gasteiger partial charge in [-0.3, -0.25) is 9.69 Å². The van der Waals surface area contributed by atoms with Crippen LogP contribution < -0.4 is 0 Å². The molecule has 2 heterocycles. The smallest absolute Gasteiger partial charge is 0.311 e. The first-order valence-corrected chi connectivity index (χ1v) is 7.36. The van der Waals surface area contributed by atoms with Crippen molar-refractivity contribution in [3.8, 4) is 0 Å². The van der Waals surface area contributed by atoms with Gasteiger partial charge in [-0.05, 0) is 17.7 Å². The molecule has 0 radical (unpaired) electrons. The molecule has 1 aromatic carbocycles. The normalized spacial score (nSPS) is 27.6. The highest BCUT2D eigenvalue weighted by atomic mass is 35.5. The third-order valence-corrected chi connectivity index (χ3v) is 4.17. The Hall–Kier alpha value is -1.10. The molecule has 2 aliphatic rings. The van der Waals surface area contributed by atoms with Gasteiger partial charge in [0.25, 0.3) is 0 Å². The molecule has 0 spiro atoms. The second-order valence-electron chi connectivity index (χ2n) is 5.32. The van der Waals surface area contributed by atoms with E-state index in [1.165, 1.54) is 0 Å². The second-order valence-corrected chi connectivity index (χ2v) is 5.76. The minimum atomic E-state index is -0.134. The lowest BCUT2D eigenvalue weighted by Gasteiger charge is -2.27. The zero-order valence-corrected chi connectivity index (χ0v) is 12.0. The van der Waals surface area contributed by atoms with Gasteiger partial charge in [-0.15, -0.1) is 0 Å². The fourth-order valence-electron chi connectivity index (χ4n) is 2.77. The number of ether oxygens (including phenoxy) is 2. The molecule has 3 rings (SSSR count). The maximum atomic E-state index is 12.0. The highest BCUT2D eigenvalue weighted by molar-refractivity contribution is 6.30. The van der Waals surface area contributed by atoms with Crippen LogP contribution in [-0.4, -0.2) is 43.7 Å². The molecule has 0 amide bonds. The number of nitrogens with zero attached hydrogens (tertiary/aromatic N) is 1. The Morgan fingerprint density at radius 2 is 1.90 bits per heavy atom. The van der Waals surface area contributed by atoms with Crippen LogP contribution in [0.1, 0.15) is 18.1 Å². The molecule has 2 saturated heterocycles. The first-order valence-electron chi connectivity index (χ1n) is 6.98. The van der Waals surface area contributed by atoms with E-state index in [9.17, 15) is 4.79 Å². The van der Waals surface area contributed by atoms with Gasteiger partial charge in [0, 0.05) is 31.1 Å². The van der Waals surface area contributed by atoms with Crippen molar-refractivity contribution in [2.75, 3.05) is 32.8 Å². The summed E-state index contributed by atoms with van der Waals surface area (Å²) in [6.45, 7) is 4.07. The highest BCUT2D eigenvalue weighted by Crippen LogP contribution is 2.34. The van der Waals surface area contributed by atoms with Crippen LogP contribution in [0.2, 0.25) is 5.02 Å². The number of hydrogen-bond acceptors (Lipinski definition) is 4. The van der Waals surface area contributed by atoms with Crippen LogP contribution in [0.3, 0.4) is 0 Å². The fraction of sp³-hybridized carbons (Fsp3) is 0.533. The third kappa shape index (κ3) is 3.14. The number of morpholine rings is 1. The van der Waals surface area contributed by atoms with Crippen LogP contribution in [0.5, 0.6) is 0 Å². The third-order valence-electron chi connectivity index (χ3n) is 3.91. The molecule has 5 heteroatoms. The quantitative estimate of drug-likeness (QED) is 0.802. The van der Waals surface area contributed by atoms with Crippen LogP contribution >= 0.6 is 11.6 Å². The summed E-state index contributed by atoms with van der Waals surface area (Å²) in [6, 6.07) is 7.52. The van der Waals surface area contributed by atoms with Gasteiger partial charge in [-0.2, -0.15) is 0 Å². The lowest BCUT2D eigenvalue weighted by atomic mass is 9.99. The topological polar surface area (TPSA) is 38.8 Å². The number of hydrogen-bond donors (Lipinski definition) is 0. The number of benzene rings is 1. The predicted molar refractivity (Wildman–Crippen MR) is 75.7 cm³/mol. The van der Waals surface area contributed by atoms with Crippen LogP contribution in [0.25, 0.3) is 0 Å². The number of carbonyl (C=O) groups excluding carboxylic acids is 1.